The maximum Gasteiger partial charge on any atom is 0.374 e. The van der Waals surface area contributed by atoms with Crippen LogP contribution in [0.25, 0.3) is 11.0 Å². The summed E-state index contributed by atoms with van der Waals surface area (Å²) in [5.74, 6) is -0.426. The zero-order valence-corrected chi connectivity index (χ0v) is 16.4. The Morgan fingerprint density at radius 1 is 1.31 bits per heavy atom. The molecule has 0 saturated carbocycles. The van der Waals surface area contributed by atoms with E-state index in [1.54, 1.807) is 26.0 Å². The number of hydrogen-bond donors (Lipinski definition) is 1. The number of hydrogen-bond acceptors (Lipinski definition) is 6. The number of fused-ring (bicyclic) bond motifs is 1. The molecule has 1 fully saturated rings. The van der Waals surface area contributed by atoms with Crippen LogP contribution in [-0.2, 0) is 14.8 Å². The lowest BCUT2D eigenvalue weighted by molar-refractivity contribution is 0.0491. The van der Waals surface area contributed by atoms with E-state index in [2.05, 4.69) is 5.32 Å². The van der Waals surface area contributed by atoms with Crippen molar-refractivity contribution < 1.29 is 22.4 Å². The van der Waals surface area contributed by atoms with Crippen molar-refractivity contribution in [3.63, 3.8) is 0 Å². The third kappa shape index (κ3) is 3.88. The summed E-state index contributed by atoms with van der Waals surface area (Å²) in [6.45, 7) is 6.08. The number of carbonyl (C=O) groups excluding carboxylic acids is 1. The first kappa shape index (κ1) is 20.7. The van der Waals surface area contributed by atoms with Crippen molar-refractivity contribution >= 4 is 39.4 Å². The van der Waals surface area contributed by atoms with Gasteiger partial charge >= 0.3 is 5.97 Å². The summed E-state index contributed by atoms with van der Waals surface area (Å²) in [5, 5.41) is 3.80. The van der Waals surface area contributed by atoms with E-state index in [-0.39, 0.29) is 29.7 Å². The minimum absolute atomic E-state index is 0. The van der Waals surface area contributed by atoms with Crippen LogP contribution in [0.4, 0.5) is 0 Å². The van der Waals surface area contributed by atoms with Crippen LogP contribution >= 0.6 is 12.4 Å². The molecule has 2 heterocycles. The topological polar surface area (TPSA) is 88.8 Å². The van der Waals surface area contributed by atoms with Gasteiger partial charge in [-0.15, -0.1) is 12.4 Å². The number of aryl methyl sites for hydroxylation is 1. The first-order valence-corrected chi connectivity index (χ1v) is 9.80. The van der Waals surface area contributed by atoms with Crippen LogP contribution in [0.5, 0.6) is 0 Å². The van der Waals surface area contributed by atoms with Crippen LogP contribution in [0, 0.1) is 6.92 Å². The van der Waals surface area contributed by atoms with Crippen molar-refractivity contribution in [2.75, 3.05) is 32.8 Å². The highest BCUT2D eigenvalue weighted by atomic mass is 35.5. The molecule has 0 bridgehead atoms. The maximum atomic E-state index is 12.9. The first-order valence-electron chi connectivity index (χ1n) is 8.36. The van der Waals surface area contributed by atoms with Crippen LogP contribution in [-0.4, -0.2) is 51.5 Å². The van der Waals surface area contributed by atoms with Gasteiger partial charge < -0.3 is 14.5 Å². The van der Waals surface area contributed by atoms with Crippen molar-refractivity contribution in [2.45, 2.75) is 25.2 Å². The van der Waals surface area contributed by atoms with Crippen molar-refractivity contribution in [1.82, 2.24) is 9.62 Å². The lowest BCUT2D eigenvalue weighted by Gasteiger charge is -2.19. The SMILES string of the molecule is CCOC(=O)c1oc2ccc(S(=O)(=O)N3CCCNCC3)cc2c1C.Cl. The van der Waals surface area contributed by atoms with Gasteiger partial charge in [0.2, 0.25) is 15.8 Å². The van der Waals surface area contributed by atoms with E-state index in [4.69, 9.17) is 9.15 Å². The predicted octanol–water partition coefficient (Wildman–Crippen LogP) is 2.32. The molecule has 26 heavy (non-hydrogen) atoms. The van der Waals surface area contributed by atoms with Gasteiger partial charge in [-0.1, -0.05) is 0 Å². The smallest absolute Gasteiger partial charge is 0.374 e. The monoisotopic (exact) mass is 402 g/mol. The van der Waals surface area contributed by atoms with E-state index in [9.17, 15) is 13.2 Å². The van der Waals surface area contributed by atoms with Crippen molar-refractivity contribution in [3.8, 4) is 0 Å². The molecule has 0 amide bonds. The van der Waals surface area contributed by atoms with Gasteiger partial charge in [-0.05, 0) is 45.0 Å². The molecule has 7 nitrogen and oxygen atoms in total. The number of sulfonamides is 1. The fourth-order valence-corrected chi connectivity index (χ4v) is 4.47. The molecule has 2 aromatic rings. The van der Waals surface area contributed by atoms with Gasteiger partial charge in [0.05, 0.1) is 11.5 Å². The maximum absolute atomic E-state index is 12.9. The minimum Gasteiger partial charge on any atom is -0.460 e. The van der Waals surface area contributed by atoms with Crippen LogP contribution in [0.1, 0.15) is 29.5 Å². The number of halogens is 1. The van der Waals surface area contributed by atoms with Gasteiger partial charge in [0.15, 0.2) is 0 Å². The summed E-state index contributed by atoms with van der Waals surface area (Å²) in [4.78, 5) is 12.2. The third-order valence-corrected chi connectivity index (χ3v) is 6.20. The molecule has 0 aliphatic carbocycles. The average Bonchev–Trinajstić information content (AvgIpc) is 2.78. The van der Waals surface area contributed by atoms with Crippen molar-refractivity contribution in [1.29, 1.82) is 0 Å². The number of esters is 1. The van der Waals surface area contributed by atoms with E-state index in [1.165, 1.54) is 10.4 Å². The molecule has 0 spiro atoms. The molecule has 1 aromatic heterocycles. The molecule has 144 valence electrons. The number of ether oxygens (including phenoxy) is 1. The minimum atomic E-state index is -3.58. The summed E-state index contributed by atoms with van der Waals surface area (Å²) >= 11 is 0. The summed E-state index contributed by atoms with van der Waals surface area (Å²) in [5.41, 5.74) is 1.06. The van der Waals surface area contributed by atoms with Gasteiger partial charge in [-0.2, -0.15) is 4.31 Å². The lowest BCUT2D eigenvalue weighted by atomic mass is 10.1. The zero-order chi connectivity index (χ0) is 18.0. The van der Waals surface area contributed by atoms with Gasteiger partial charge in [0.25, 0.3) is 0 Å². The first-order chi connectivity index (χ1) is 11.9. The quantitative estimate of drug-likeness (QED) is 0.789. The Kier molecular flexibility index (Phi) is 6.68. The summed E-state index contributed by atoms with van der Waals surface area (Å²) in [7, 11) is -3.58. The highest BCUT2D eigenvalue weighted by Crippen LogP contribution is 2.29. The van der Waals surface area contributed by atoms with Gasteiger partial charge in [-0.25, -0.2) is 13.2 Å². The Morgan fingerprint density at radius 3 is 2.81 bits per heavy atom. The zero-order valence-electron chi connectivity index (χ0n) is 14.8. The molecule has 0 atom stereocenters. The molecule has 1 aliphatic heterocycles. The molecule has 1 aliphatic rings. The lowest BCUT2D eigenvalue weighted by Crippen LogP contribution is -2.34. The Bertz CT molecular complexity index is 886. The van der Waals surface area contributed by atoms with Crippen LogP contribution in [0.15, 0.2) is 27.5 Å². The van der Waals surface area contributed by atoms with Gasteiger partial charge in [0, 0.05) is 30.6 Å². The summed E-state index contributed by atoms with van der Waals surface area (Å²) in [6, 6.07) is 4.69. The number of carbonyl (C=O) groups is 1. The number of nitrogens with zero attached hydrogens (tertiary/aromatic N) is 1. The Labute approximate surface area is 159 Å². The molecule has 3 rings (SSSR count). The Morgan fingerprint density at radius 2 is 2.08 bits per heavy atom. The van der Waals surface area contributed by atoms with Gasteiger partial charge in [0.1, 0.15) is 5.58 Å². The van der Waals surface area contributed by atoms with Crippen LogP contribution < -0.4 is 5.32 Å². The molecule has 0 unspecified atom stereocenters. The molecule has 1 N–H and O–H groups in total. The summed E-state index contributed by atoms with van der Waals surface area (Å²) < 4.78 is 37.9. The van der Waals surface area contributed by atoms with Gasteiger partial charge in [-0.3, -0.25) is 0 Å². The van der Waals surface area contributed by atoms with E-state index in [0.29, 0.717) is 36.2 Å². The number of rotatable bonds is 4. The van der Waals surface area contributed by atoms with E-state index in [1.807, 2.05) is 0 Å². The normalized spacial score (nSPS) is 16.1. The van der Waals surface area contributed by atoms with Crippen LogP contribution in [0.3, 0.4) is 0 Å². The van der Waals surface area contributed by atoms with E-state index >= 15 is 0 Å². The Hall–Kier alpha value is -1.61. The largest absolute Gasteiger partial charge is 0.460 e. The highest BCUT2D eigenvalue weighted by molar-refractivity contribution is 7.89. The molecule has 1 aromatic carbocycles. The second-order valence-corrected chi connectivity index (χ2v) is 7.88. The standard InChI is InChI=1S/C17H22N2O5S.ClH/c1-3-23-17(20)16-12(2)14-11-13(5-6-15(14)24-16)25(21,22)19-9-4-7-18-8-10-19;/h5-6,11,18H,3-4,7-10H2,1-2H3;1H. The molecular weight excluding hydrogens is 380 g/mol. The molecule has 1 saturated heterocycles. The van der Waals surface area contributed by atoms with E-state index < -0.39 is 16.0 Å². The molecular formula is C17H23ClN2O5S. The van der Waals surface area contributed by atoms with E-state index in [0.717, 1.165) is 13.0 Å². The average molecular weight is 403 g/mol. The Balaban J connectivity index is 0.00000243. The van der Waals surface area contributed by atoms with Crippen molar-refractivity contribution in [3.05, 3.63) is 29.5 Å². The number of benzene rings is 1. The number of nitrogens with one attached hydrogen (secondary N) is 1. The third-order valence-electron chi connectivity index (χ3n) is 4.31. The predicted molar refractivity (Wildman–Crippen MR) is 100 cm³/mol. The summed E-state index contributed by atoms with van der Waals surface area (Å²) in [6.07, 6.45) is 0.777. The fraction of sp³-hybridized carbons (Fsp3) is 0.471. The second-order valence-electron chi connectivity index (χ2n) is 5.94. The number of furan rings is 1. The molecule has 0 radical (unpaired) electrons. The fourth-order valence-electron chi connectivity index (χ4n) is 2.96. The second kappa shape index (κ2) is 8.39. The van der Waals surface area contributed by atoms with Crippen molar-refractivity contribution in [2.24, 2.45) is 0 Å². The van der Waals surface area contributed by atoms with Crippen LogP contribution in [0.2, 0.25) is 0 Å². The molecule has 9 heteroatoms. The highest BCUT2D eigenvalue weighted by Gasteiger charge is 2.27.